The highest BCUT2D eigenvalue weighted by atomic mass is 16.2. The zero-order valence-corrected chi connectivity index (χ0v) is 20.6. The lowest BCUT2D eigenvalue weighted by molar-refractivity contribution is -0.116. The lowest BCUT2D eigenvalue weighted by Gasteiger charge is -2.09. The Morgan fingerprint density at radius 1 is 1.06 bits per heavy atom. The van der Waals surface area contributed by atoms with Crippen molar-refractivity contribution in [2.24, 2.45) is 0 Å². The van der Waals surface area contributed by atoms with Gasteiger partial charge < -0.3 is 9.88 Å². The number of nitrogens with zero attached hydrogens (tertiary/aromatic N) is 7. The Morgan fingerprint density at radius 2 is 1.86 bits per heavy atom. The second-order valence-electron chi connectivity index (χ2n) is 8.62. The van der Waals surface area contributed by atoms with Gasteiger partial charge in [-0.3, -0.25) is 19.1 Å². The third kappa shape index (κ3) is 5.58. The van der Waals surface area contributed by atoms with Crippen LogP contribution in [-0.4, -0.2) is 44.8 Å². The number of carbonyl (C=O) groups excluding carboxylic acids is 1. The molecule has 0 aliphatic rings. The summed E-state index contributed by atoms with van der Waals surface area (Å²) in [6, 6.07) is 3.48. The number of aromatic nitrogens is 8. The van der Waals surface area contributed by atoms with E-state index in [0.717, 1.165) is 32.1 Å². The Morgan fingerprint density at radius 3 is 2.56 bits per heavy atom. The standard InChI is InChI=1S/C24H31N9O3/c1-3-5-7-13-31-19(29-22-21(31)23(35)30-24(36)32(22)12-6-4-2)10-11-20(34)28-17-8-9-18(26-14-17)33-16-25-15-27-33/h8-9,14-16H,3-7,10-13H2,1-2H3,(H,28,34)(H,30,35,36). The molecule has 2 N–H and O–H groups in total. The van der Waals surface area contributed by atoms with Crippen LogP contribution in [0.1, 0.15) is 58.2 Å². The van der Waals surface area contributed by atoms with Gasteiger partial charge in [-0.25, -0.2) is 24.4 Å². The lowest BCUT2D eigenvalue weighted by atomic mass is 10.2. The van der Waals surface area contributed by atoms with E-state index < -0.39 is 11.2 Å². The van der Waals surface area contributed by atoms with Crippen molar-refractivity contribution in [2.45, 2.75) is 71.9 Å². The minimum absolute atomic E-state index is 0.166. The molecule has 190 valence electrons. The quantitative estimate of drug-likeness (QED) is 0.288. The molecule has 0 spiro atoms. The van der Waals surface area contributed by atoms with Gasteiger partial charge in [-0.15, -0.1) is 0 Å². The average molecular weight is 494 g/mol. The first kappa shape index (κ1) is 25.0. The normalized spacial score (nSPS) is 11.3. The van der Waals surface area contributed by atoms with E-state index in [0.29, 0.717) is 48.0 Å². The van der Waals surface area contributed by atoms with Crippen molar-refractivity contribution >= 4 is 22.8 Å². The minimum atomic E-state index is -0.453. The van der Waals surface area contributed by atoms with E-state index in [1.165, 1.54) is 15.6 Å². The van der Waals surface area contributed by atoms with Gasteiger partial charge in [0.2, 0.25) is 5.91 Å². The van der Waals surface area contributed by atoms with Crippen molar-refractivity contribution < 1.29 is 4.79 Å². The Kier molecular flexibility index (Phi) is 8.03. The fraction of sp³-hybridized carbons (Fsp3) is 0.458. The first-order chi connectivity index (χ1) is 17.5. The summed E-state index contributed by atoms with van der Waals surface area (Å²) in [5.41, 5.74) is 0.443. The molecule has 12 heteroatoms. The number of nitrogens with one attached hydrogen (secondary N) is 2. The van der Waals surface area contributed by atoms with Crippen molar-refractivity contribution in [3.63, 3.8) is 0 Å². The van der Waals surface area contributed by atoms with Crippen LogP contribution in [0, 0.1) is 0 Å². The SMILES string of the molecule is CCCCCn1c(CCC(=O)Nc2ccc(-n3cncn3)nc2)nc2c1c(=O)[nH]c(=O)n2CCCC. The number of imidazole rings is 1. The van der Waals surface area contributed by atoms with Gasteiger partial charge in [0, 0.05) is 25.9 Å². The number of aryl methyl sites for hydroxylation is 3. The van der Waals surface area contributed by atoms with E-state index >= 15 is 0 Å². The second kappa shape index (κ2) is 11.6. The number of amides is 1. The Balaban J connectivity index is 1.53. The zero-order chi connectivity index (χ0) is 25.5. The van der Waals surface area contributed by atoms with Crippen LogP contribution in [0.3, 0.4) is 0 Å². The highest BCUT2D eigenvalue weighted by molar-refractivity contribution is 5.90. The molecule has 0 atom stereocenters. The molecule has 0 radical (unpaired) electrons. The molecule has 0 aliphatic carbocycles. The Labute approximate surface area is 207 Å². The molecule has 0 saturated heterocycles. The number of carbonyl (C=O) groups is 1. The lowest BCUT2D eigenvalue weighted by Crippen LogP contribution is -2.31. The van der Waals surface area contributed by atoms with Crippen LogP contribution in [0.25, 0.3) is 17.0 Å². The molecule has 12 nitrogen and oxygen atoms in total. The van der Waals surface area contributed by atoms with Crippen LogP contribution in [0.15, 0.2) is 40.6 Å². The first-order valence-electron chi connectivity index (χ1n) is 12.3. The highest BCUT2D eigenvalue weighted by Crippen LogP contribution is 2.16. The van der Waals surface area contributed by atoms with E-state index in [-0.39, 0.29) is 12.3 Å². The summed E-state index contributed by atoms with van der Waals surface area (Å²) in [4.78, 5) is 53.2. The van der Waals surface area contributed by atoms with E-state index in [9.17, 15) is 14.4 Å². The highest BCUT2D eigenvalue weighted by Gasteiger charge is 2.19. The second-order valence-corrected chi connectivity index (χ2v) is 8.62. The van der Waals surface area contributed by atoms with Crippen molar-refractivity contribution in [3.05, 3.63) is 57.6 Å². The molecule has 4 heterocycles. The van der Waals surface area contributed by atoms with E-state index in [2.05, 4.69) is 37.3 Å². The van der Waals surface area contributed by atoms with Crippen LogP contribution >= 0.6 is 0 Å². The van der Waals surface area contributed by atoms with Crippen LogP contribution in [0.4, 0.5) is 5.69 Å². The van der Waals surface area contributed by atoms with Crippen molar-refractivity contribution in [3.8, 4) is 5.82 Å². The molecule has 0 fully saturated rings. The average Bonchev–Trinajstić information content (AvgIpc) is 3.52. The summed E-state index contributed by atoms with van der Waals surface area (Å²) in [5.74, 6) is 1.01. The maximum Gasteiger partial charge on any atom is 0.330 e. The summed E-state index contributed by atoms with van der Waals surface area (Å²) in [6.07, 6.45) is 9.63. The number of rotatable bonds is 12. The van der Waals surface area contributed by atoms with Gasteiger partial charge in [-0.1, -0.05) is 33.1 Å². The fourth-order valence-electron chi connectivity index (χ4n) is 4.06. The maximum absolute atomic E-state index is 12.8. The molecule has 0 aliphatic heterocycles. The molecule has 4 aromatic heterocycles. The van der Waals surface area contributed by atoms with Crippen molar-refractivity contribution in [1.29, 1.82) is 0 Å². The third-order valence-corrected chi connectivity index (χ3v) is 5.95. The number of anilines is 1. The number of fused-ring (bicyclic) bond motifs is 1. The van der Waals surface area contributed by atoms with Gasteiger partial charge in [0.25, 0.3) is 5.56 Å². The monoisotopic (exact) mass is 493 g/mol. The van der Waals surface area contributed by atoms with Crippen LogP contribution in [0.2, 0.25) is 0 Å². The molecule has 0 bridgehead atoms. The molecular weight excluding hydrogens is 462 g/mol. The molecule has 1 amide bonds. The third-order valence-electron chi connectivity index (χ3n) is 5.95. The summed E-state index contributed by atoms with van der Waals surface area (Å²) < 4.78 is 4.92. The van der Waals surface area contributed by atoms with Crippen LogP contribution < -0.4 is 16.6 Å². The number of pyridine rings is 1. The van der Waals surface area contributed by atoms with Gasteiger partial charge in [-0.2, -0.15) is 5.10 Å². The van der Waals surface area contributed by atoms with Gasteiger partial charge in [0.1, 0.15) is 18.5 Å². The van der Waals surface area contributed by atoms with Crippen molar-refractivity contribution in [2.75, 3.05) is 5.32 Å². The van der Waals surface area contributed by atoms with Gasteiger partial charge in [0.15, 0.2) is 17.0 Å². The number of aromatic amines is 1. The summed E-state index contributed by atoms with van der Waals surface area (Å²) in [7, 11) is 0. The van der Waals surface area contributed by atoms with E-state index in [4.69, 9.17) is 0 Å². The largest absolute Gasteiger partial charge is 0.330 e. The topological polar surface area (TPSA) is 145 Å². The number of hydrogen-bond donors (Lipinski definition) is 2. The Bertz CT molecular complexity index is 1420. The van der Waals surface area contributed by atoms with E-state index in [1.54, 1.807) is 24.7 Å². The molecule has 0 saturated carbocycles. The van der Waals surface area contributed by atoms with Gasteiger partial charge in [-0.05, 0) is 25.0 Å². The predicted octanol–water partition coefficient (Wildman–Crippen LogP) is 2.42. The zero-order valence-electron chi connectivity index (χ0n) is 20.6. The smallest absolute Gasteiger partial charge is 0.325 e. The summed E-state index contributed by atoms with van der Waals surface area (Å²) in [6.45, 7) is 5.23. The Hall–Kier alpha value is -4.09. The molecule has 36 heavy (non-hydrogen) atoms. The first-order valence-corrected chi connectivity index (χ1v) is 12.3. The van der Waals surface area contributed by atoms with Gasteiger partial charge in [0.05, 0.1) is 11.9 Å². The summed E-state index contributed by atoms with van der Waals surface area (Å²) in [5, 5.41) is 6.87. The molecule has 0 aromatic carbocycles. The fourth-order valence-corrected chi connectivity index (χ4v) is 4.06. The van der Waals surface area contributed by atoms with Gasteiger partial charge >= 0.3 is 5.69 Å². The predicted molar refractivity (Wildman–Crippen MR) is 135 cm³/mol. The minimum Gasteiger partial charge on any atom is -0.325 e. The van der Waals surface area contributed by atoms with Crippen LogP contribution in [0.5, 0.6) is 0 Å². The molecule has 4 aromatic rings. The van der Waals surface area contributed by atoms with E-state index in [1.807, 2.05) is 11.5 Å². The number of H-pyrrole nitrogens is 1. The number of unbranched alkanes of at least 4 members (excludes halogenated alkanes) is 3. The van der Waals surface area contributed by atoms with Crippen molar-refractivity contribution in [1.82, 2.24) is 38.9 Å². The maximum atomic E-state index is 12.8. The molecule has 0 unspecified atom stereocenters. The number of hydrogen-bond acceptors (Lipinski definition) is 7. The summed E-state index contributed by atoms with van der Waals surface area (Å²) >= 11 is 0. The molecule has 4 rings (SSSR count). The van der Waals surface area contributed by atoms with Crippen LogP contribution in [-0.2, 0) is 24.3 Å². The molecular formula is C24H31N9O3.